The van der Waals surface area contributed by atoms with E-state index in [0.29, 0.717) is 12.1 Å². The zero-order valence-electron chi connectivity index (χ0n) is 16.7. The van der Waals surface area contributed by atoms with Crippen molar-refractivity contribution in [2.45, 2.75) is 25.7 Å². The summed E-state index contributed by atoms with van der Waals surface area (Å²) in [5, 5.41) is 0. The molecule has 0 aromatic heterocycles. The molecule has 0 radical (unpaired) electrons. The first-order chi connectivity index (χ1) is 13.8. The van der Waals surface area contributed by atoms with E-state index in [0.717, 1.165) is 16.8 Å². The number of nitrogens with zero attached hydrogens (tertiary/aromatic N) is 1. The van der Waals surface area contributed by atoms with Crippen LogP contribution < -0.4 is 9.62 Å². The number of rotatable bonds is 6. The Morgan fingerprint density at radius 1 is 0.897 bits per heavy atom. The van der Waals surface area contributed by atoms with E-state index in [1.807, 2.05) is 51.1 Å². The number of amides is 1. The molecular weight excluding hydrogens is 384 g/mol. The largest absolute Gasteiger partial charge is 0.309 e. The fourth-order valence-corrected chi connectivity index (χ4v) is 4.12. The van der Waals surface area contributed by atoms with Crippen molar-refractivity contribution in [3.63, 3.8) is 0 Å². The standard InChI is InChI=1S/C23H24N2O3S/c1-4-25(19-8-6-5-7-9-19)23(26)21-16-18(3)12-15-22(21)24-29(27,28)20-13-10-17(2)11-14-20/h5-16,24H,4H2,1-3H3. The third-order valence-corrected chi connectivity index (χ3v) is 5.99. The van der Waals surface area contributed by atoms with Crippen LogP contribution in [-0.2, 0) is 10.0 Å². The summed E-state index contributed by atoms with van der Waals surface area (Å²) in [4.78, 5) is 15.1. The molecule has 3 aromatic carbocycles. The van der Waals surface area contributed by atoms with E-state index >= 15 is 0 Å². The van der Waals surface area contributed by atoms with Crippen molar-refractivity contribution in [3.05, 3.63) is 89.5 Å². The minimum atomic E-state index is -3.82. The second-order valence-electron chi connectivity index (χ2n) is 6.85. The maximum atomic E-state index is 13.3. The Bertz CT molecular complexity index is 1110. The highest BCUT2D eigenvalue weighted by Gasteiger charge is 2.22. The van der Waals surface area contributed by atoms with E-state index in [9.17, 15) is 13.2 Å². The van der Waals surface area contributed by atoms with Crippen LogP contribution in [0.3, 0.4) is 0 Å². The molecule has 150 valence electrons. The Hall–Kier alpha value is -3.12. The molecule has 0 saturated heterocycles. The predicted molar refractivity (Wildman–Crippen MR) is 117 cm³/mol. The zero-order valence-corrected chi connectivity index (χ0v) is 17.5. The Labute approximate surface area is 172 Å². The van der Waals surface area contributed by atoms with Gasteiger partial charge in [-0.3, -0.25) is 9.52 Å². The monoisotopic (exact) mass is 408 g/mol. The lowest BCUT2D eigenvalue weighted by Crippen LogP contribution is -2.31. The molecule has 0 atom stereocenters. The molecule has 0 saturated carbocycles. The van der Waals surface area contributed by atoms with Crippen LogP contribution in [0.25, 0.3) is 0 Å². The van der Waals surface area contributed by atoms with E-state index < -0.39 is 10.0 Å². The third-order valence-electron chi connectivity index (χ3n) is 4.61. The van der Waals surface area contributed by atoms with Crippen molar-refractivity contribution in [1.82, 2.24) is 0 Å². The molecule has 0 unspecified atom stereocenters. The highest BCUT2D eigenvalue weighted by atomic mass is 32.2. The highest BCUT2D eigenvalue weighted by molar-refractivity contribution is 7.92. The minimum absolute atomic E-state index is 0.150. The smallest absolute Gasteiger partial charge is 0.261 e. The molecule has 1 N–H and O–H groups in total. The molecule has 3 aromatic rings. The van der Waals surface area contributed by atoms with Crippen molar-refractivity contribution >= 4 is 27.3 Å². The van der Waals surface area contributed by atoms with Crippen LogP contribution in [0, 0.1) is 13.8 Å². The fourth-order valence-electron chi connectivity index (χ4n) is 3.04. The average Bonchev–Trinajstić information content (AvgIpc) is 2.71. The summed E-state index contributed by atoms with van der Waals surface area (Å²) in [5.41, 5.74) is 3.17. The number of benzene rings is 3. The summed E-state index contributed by atoms with van der Waals surface area (Å²) in [6.07, 6.45) is 0. The molecule has 0 spiro atoms. The number of carbonyl (C=O) groups is 1. The second kappa shape index (κ2) is 8.49. The molecule has 0 fully saturated rings. The van der Waals surface area contributed by atoms with Gasteiger partial charge in [-0.15, -0.1) is 0 Å². The Morgan fingerprint density at radius 2 is 1.52 bits per heavy atom. The van der Waals surface area contributed by atoms with Gasteiger partial charge in [-0.25, -0.2) is 8.42 Å². The van der Waals surface area contributed by atoms with Crippen molar-refractivity contribution in [2.75, 3.05) is 16.2 Å². The van der Waals surface area contributed by atoms with Gasteiger partial charge < -0.3 is 4.90 Å². The lowest BCUT2D eigenvalue weighted by atomic mass is 10.1. The van der Waals surface area contributed by atoms with Crippen LogP contribution in [-0.4, -0.2) is 20.9 Å². The fraction of sp³-hybridized carbons (Fsp3) is 0.174. The molecule has 0 aliphatic rings. The molecule has 6 heteroatoms. The van der Waals surface area contributed by atoms with E-state index in [4.69, 9.17) is 0 Å². The molecule has 0 aliphatic heterocycles. The summed E-state index contributed by atoms with van der Waals surface area (Å²) in [6, 6.07) is 21.0. The quantitative estimate of drug-likeness (QED) is 0.639. The second-order valence-corrected chi connectivity index (χ2v) is 8.53. The Morgan fingerprint density at radius 3 is 2.14 bits per heavy atom. The molecule has 5 nitrogen and oxygen atoms in total. The number of hydrogen-bond acceptors (Lipinski definition) is 3. The van der Waals surface area contributed by atoms with Crippen LogP contribution in [0.4, 0.5) is 11.4 Å². The first-order valence-electron chi connectivity index (χ1n) is 9.39. The van der Waals surface area contributed by atoms with Crippen molar-refractivity contribution < 1.29 is 13.2 Å². The number of sulfonamides is 1. The van der Waals surface area contributed by atoms with Crippen LogP contribution in [0.15, 0.2) is 77.7 Å². The summed E-state index contributed by atoms with van der Waals surface area (Å²) in [7, 11) is -3.82. The van der Waals surface area contributed by atoms with Crippen molar-refractivity contribution in [3.8, 4) is 0 Å². The first kappa shape index (κ1) is 20.6. The van der Waals surface area contributed by atoms with E-state index in [1.54, 1.807) is 47.4 Å². The zero-order chi connectivity index (χ0) is 21.0. The van der Waals surface area contributed by atoms with E-state index in [2.05, 4.69) is 4.72 Å². The molecule has 1 amide bonds. The maximum Gasteiger partial charge on any atom is 0.261 e. The summed E-state index contributed by atoms with van der Waals surface area (Å²) in [5.74, 6) is -0.260. The molecule has 0 bridgehead atoms. The predicted octanol–water partition coefficient (Wildman–Crippen LogP) is 4.77. The van der Waals surface area contributed by atoms with Crippen molar-refractivity contribution in [1.29, 1.82) is 0 Å². The Kier molecular flexibility index (Phi) is 6.03. The normalized spacial score (nSPS) is 11.1. The number of nitrogens with one attached hydrogen (secondary N) is 1. The van der Waals surface area contributed by atoms with Gasteiger partial charge in [0.15, 0.2) is 0 Å². The van der Waals surface area contributed by atoms with Gasteiger partial charge in [-0.1, -0.05) is 47.5 Å². The van der Waals surface area contributed by atoms with Gasteiger partial charge >= 0.3 is 0 Å². The molecule has 0 heterocycles. The topological polar surface area (TPSA) is 66.5 Å². The SMILES string of the molecule is CCN(C(=O)c1cc(C)ccc1NS(=O)(=O)c1ccc(C)cc1)c1ccccc1. The van der Waals surface area contributed by atoms with Crippen LogP contribution >= 0.6 is 0 Å². The number of anilines is 2. The van der Waals surface area contributed by atoms with Gasteiger partial charge in [-0.2, -0.15) is 0 Å². The van der Waals surface area contributed by atoms with Gasteiger partial charge in [-0.05, 0) is 57.2 Å². The lowest BCUT2D eigenvalue weighted by molar-refractivity contribution is 0.0989. The number of aryl methyl sites for hydroxylation is 2. The lowest BCUT2D eigenvalue weighted by Gasteiger charge is -2.23. The Balaban J connectivity index is 1.99. The number of carbonyl (C=O) groups excluding carboxylic acids is 1. The van der Waals surface area contributed by atoms with Gasteiger partial charge in [0.25, 0.3) is 15.9 Å². The first-order valence-corrected chi connectivity index (χ1v) is 10.9. The molecular formula is C23H24N2O3S. The molecule has 3 rings (SSSR count). The minimum Gasteiger partial charge on any atom is -0.309 e. The summed E-state index contributed by atoms with van der Waals surface area (Å²) < 4.78 is 28.3. The van der Waals surface area contributed by atoms with Gasteiger partial charge in [0, 0.05) is 12.2 Å². The van der Waals surface area contributed by atoms with Crippen molar-refractivity contribution in [2.24, 2.45) is 0 Å². The van der Waals surface area contributed by atoms with Crippen LogP contribution in [0.1, 0.15) is 28.4 Å². The molecule has 0 aliphatic carbocycles. The van der Waals surface area contributed by atoms with E-state index in [-0.39, 0.29) is 16.5 Å². The third kappa shape index (κ3) is 4.66. The van der Waals surface area contributed by atoms with Crippen LogP contribution in [0.2, 0.25) is 0 Å². The molecule has 29 heavy (non-hydrogen) atoms. The van der Waals surface area contributed by atoms with Gasteiger partial charge in [0.05, 0.1) is 16.1 Å². The number of hydrogen-bond donors (Lipinski definition) is 1. The van der Waals surface area contributed by atoms with Crippen LogP contribution in [0.5, 0.6) is 0 Å². The summed E-state index contributed by atoms with van der Waals surface area (Å²) >= 11 is 0. The summed E-state index contributed by atoms with van der Waals surface area (Å²) in [6.45, 7) is 6.11. The van der Waals surface area contributed by atoms with Gasteiger partial charge in [0.2, 0.25) is 0 Å². The highest BCUT2D eigenvalue weighted by Crippen LogP contribution is 2.25. The van der Waals surface area contributed by atoms with Gasteiger partial charge in [0.1, 0.15) is 0 Å². The maximum absolute atomic E-state index is 13.3. The van der Waals surface area contributed by atoms with E-state index in [1.165, 1.54) is 0 Å². The average molecular weight is 409 g/mol. The number of para-hydroxylation sites is 1.